The van der Waals surface area contributed by atoms with Gasteiger partial charge in [0.25, 0.3) is 0 Å². The van der Waals surface area contributed by atoms with E-state index in [0.717, 1.165) is 36.2 Å². The third-order valence-corrected chi connectivity index (χ3v) is 3.79. The number of anilines is 2. The van der Waals surface area contributed by atoms with Crippen molar-refractivity contribution in [1.82, 2.24) is 15.2 Å². The molecule has 2 N–H and O–H groups in total. The average Bonchev–Trinajstić information content (AvgIpc) is 2.80. The van der Waals surface area contributed by atoms with Gasteiger partial charge in [-0.2, -0.15) is 5.10 Å². The number of ether oxygens (including phenoxy) is 1. The summed E-state index contributed by atoms with van der Waals surface area (Å²) in [6, 6.07) is 1.80. The average molecular weight is 273 g/mol. The zero-order valence-electron chi connectivity index (χ0n) is 11.1. The largest absolute Gasteiger partial charge is 0.371 e. The standard InChI is InChI=1S/C13H15N5O2/c1-7(19)15-12-3-11-10(4-14-12)13(17-16-11)18-5-8-2-9(6-18)20-8/h3-4,8-9H,2,5-6H2,1H3,(H,16,17)(H,14,15,19). The summed E-state index contributed by atoms with van der Waals surface area (Å²) in [6.07, 6.45) is 3.59. The van der Waals surface area contributed by atoms with Crippen LogP contribution in [-0.2, 0) is 9.53 Å². The predicted octanol–water partition coefficient (Wildman–Crippen LogP) is 0.894. The first-order valence-corrected chi connectivity index (χ1v) is 6.71. The second-order valence-electron chi connectivity index (χ2n) is 5.36. The summed E-state index contributed by atoms with van der Waals surface area (Å²) in [6.45, 7) is 3.22. The molecule has 20 heavy (non-hydrogen) atoms. The van der Waals surface area contributed by atoms with E-state index < -0.39 is 0 Å². The molecule has 2 bridgehead atoms. The van der Waals surface area contributed by atoms with Crippen molar-refractivity contribution in [3.63, 3.8) is 0 Å². The highest BCUT2D eigenvalue weighted by Gasteiger charge is 2.39. The number of fused-ring (bicyclic) bond motifs is 3. The molecule has 5 rings (SSSR count). The van der Waals surface area contributed by atoms with Crippen molar-refractivity contribution >= 4 is 28.4 Å². The van der Waals surface area contributed by atoms with Crippen molar-refractivity contribution < 1.29 is 9.53 Å². The van der Waals surface area contributed by atoms with Gasteiger partial charge >= 0.3 is 0 Å². The summed E-state index contributed by atoms with van der Waals surface area (Å²) in [5, 5.41) is 11.0. The van der Waals surface area contributed by atoms with E-state index >= 15 is 0 Å². The van der Waals surface area contributed by atoms with E-state index in [-0.39, 0.29) is 5.91 Å². The van der Waals surface area contributed by atoms with Crippen molar-refractivity contribution in [3.05, 3.63) is 12.3 Å². The third kappa shape index (κ3) is 1.82. The molecule has 5 heterocycles. The van der Waals surface area contributed by atoms with Gasteiger partial charge in [0.2, 0.25) is 5.91 Å². The van der Waals surface area contributed by atoms with Gasteiger partial charge in [0.15, 0.2) is 5.82 Å². The number of morpholine rings is 1. The number of nitrogens with zero attached hydrogens (tertiary/aromatic N) is 3. The van der Waals surface area contributed by atoms with Gasteiger partial charge < -0.3 is 15.0 Å². The van der Waals surface area contributed by atoms with E-state index in [9.17, 15) is 4.79 Å². The first-order chi connectivity index (χ1) is 9.69. The second kappa shape index (κ2) is 4.17. The first-order valence-electron chi connectivity index (χ1n) is 6.71. The van der Waals surface area contributed by atoms with Crippen molar-refractivity contribution in [3.8, 4) is 0 Å². The third-order valence-electron chi connectivity index (χ3n) is 3.79. The van der Waals surface area contributed by atoms with Gasteiger partial charge in [0.1, 0.15) is 5.82 Å². The number of hydrogen-bond donors (Lipinski definition) is 2. The molecular weight excluding hydrogens is 258 g/mol. The molecule has 3 aliphatic heterocycles. The van der Waals surface area contributed by atoms with Gasteiger partial charge in [-0.3, -0.25) is 9.89 Å². The number of aromatic nitrogens is 3. The molecule has 104 valence electrons. The van der Waals surface area contributed by atoms with Crippen LogP contribution in [0.1, 0.15) is 13.3 Å². The number of nitrogens with one attached hydrogen (secondary N) is 2. The predicted molar refractivity (Wildman–Crippen MR) is 73.7 cm³/mol. The molecule has 0 aliphatic carbocycles. The Morgan fingerprint density at radius 1 is 1.50 bits per heavy atom. The summed E-state index contributed by atoms with van der Waals surface area (Å²) in [7, 11) is 0. The maximum Gasteiger partial charge on any atom is 0.222 e. The van der Waals surface area contributed by atoms with Gasteiger partial charge in [-0.05, 0) is 0 Å². The van der Waals surface area contributed by atoms with E-state index in [1.54, 1.807) is 12.3 Å². The monoisotopic (exact) mass is 273 g/mol. The highest BCUT2D eigenvalue weighted by Crippen LogP contribution is 2.33. The van der Waals surface area contributed by atoms with Gasteiger partial charge in [0, 0.05) is 38.7 Å². The number of rotatable bonds is 2. The Hall–Kier alpha value is -2.15. The Balaban J connectivity index is 1.65. The molecule has 7 heteroatoms. The fourth-order valence-electron chi connectivity index (χ4n) is 2.92. The van der Waals surface area contributed by atoms with Crippen LogP contribution in [0.4, 0.5) is 11.6 Å². The first kappa shape index (κ1) is 11.7. The number of amides is 1. The zero-order chi connectivity index (χ0) is 13.7. The highest BCUT2D eigenvalue weighted by molar-refractivity contribution is 5.94. The zero-order valence-corrected chi connectivity index (χ0v) is 11.1. The fourth-order valence-corrected chi connectivity index (χ4v) is 2.92. The lowest BCUT2D eigenvalue weighted by Crippen LogP contribution is -2.57. The number of H-pyrrole nitrogens is 1. The second-order valence-corrected chi connectivity index (χ2v) is 5.36. The number of carbonyl (C=O) groups is 1. The minimum absolute atomic E-state index is 0.134. The van der Waals surface area contributed by atoms with Crippen LogP contribution in [0, 0.1) is 0 Å². The molecule has 0 spiro atoms. The number of hydrogen-bond acceptors (Lipinski definition) is 5. The molecule has 2 aromatic rings. The van der Waals surface area contributed by atoms with Gasteiger partial charge in [0.05, 0.1) is 23.1 Å². The fraction of sp³-hybridized carbons (Fsp3) is 0.462. The molecule has 2 unspecified atom stereocenters. The van der Waals surface area contributed by atoms with Crippen molar-refractivity contribution in [2.24, 2.45) is 0 Å². The van der Waals surface area contributed by atoms with Crippen LogP contribution in [-0.4, -0.2) is 46.4 Å². The summed E-state index contributed by atoms with van der Waals surface area (Å²) in [4.78, 5) is 17.5. The topological polar surface area (TPSA) is 83.1 Å². The number of pyridine rings is 1. The van der Waals surface area contributed by atoms with E-state index in [2.05, 4.69) is 25.4 Å². The quantitative estimate of drug-likeness (QED) is 0.849. The van der Waals surface area contributed by atoms with Crippen molar-refractivity contribution in [2.45, 2.75) is 25.6 Å². The number of aromatic amines is 1. The normalized spacial score (nSPS) is 24.6. The molecular formula is C13H15N5O2. The lowest BCUT2D eigenvalue weighted by Gasteiger charge is -2.47. The van der Waals surface area contributed by atoms with E-state index in [4.69, 9.17) is 4.74 Å². The van der Waals surface area contributed by atoms with Crippen LogP contribution in [0.25, 0.3) is 10.9 Å². The summed E-state index contributed by atoms with van der Waals surface area (Å²) in [5.41, 5.74) is 0.874. The summed E-state index contributed by atoms with van der Waals surface area (Å²) >= 11 is 0. The van der Waals surface area contributed by atoms with Crippen LogP contribution in [0.15, 0.2) is 12.3 Å². The molecule has 0 radical (unpaired) electrons. The van der Waals surface area contributed by atoms with Crippen LogP contribution in [0.3, 0.4) is 0 Å². The number of piperidine rings is 1. The Morgan fingerprint density at radius 3 is 2.95 bits per heavy atom. The minimum atomic E-state index is -0.134. The minimum Gasteiger partial charge on any atom is -0.371 e. The van der Waals surface area contributed by atoms with Crippen molar-refractivity contribution in [2.75, 3.05) is 23.3 Å². The maximum absolute atomic E-state index is 11.0. The Morgan fingerprint density at radius 2 is 2.25 bits per heavy atom. The Bertz CT molecular complexity index is 666. The lowest BCUT2D eigenvalue weighted by atomic mass is 9.99. The van der Waals surface area contributed by atoms with Gasteiger partial charge in [-0.25, -0.2) is 4.98 Å². The smallest absolute Gasteiger partial charge is 0.222 e. The van der Waals surface area contributed by atoms with Crippen LogP contribution >= 0.6 is 0 Å². The maximum atomic E-state index is 11.0. The molecule has 2 atom stereocenters. The summed E-state index contributed by atoms with van der Waals surface area (Å²) in [5.74, 6) is 1.31. The van der Waals surface area contributed by atoms with Crippen molar-refractivity contribution in [1.29, 1.82) is 0 Å². The van der Waals surface area contributed by atoms with Crippen LogP contribution < -0.4 is 10.2 Å². The molecule has 3 aliphatic rings. The van der Waals surface area contributed by atoms with E-state index in [1.807, 2.05) is 0 Å². The summed E-state index contributed by atoms with van der Waals surface area (Å²) < 4.78 is 5.64. The molecule has 2 aromatic heterocycles. The molecule has 3 fully saturated rings. The van der Waals surface area contributed by atoms with E-state index in [1.165, 1.54) is 6.92 Å². The molecule has 3 saturated heterocycles. The van der Waals surface area contributed by atoms with Gasteiger partial charge in [-0.15, -0.1) is 0 Å². The van der Waals surface area contributed by atoms with Crippen LogP contribution in [0.5, 0.6) is 0 Å². The Labute approximate surface area is 115 Å². The Kier molecular flexibility index (Phi) is 2.43. The molecule has 0 aromatic carbocycles. The van der Waals surface area contributed by atoms with Gasteiger partial charge in [-0.1, -0.05) is 0 Å². The van der Waals surface area contributed by atoms with E-state index in [0.29, 0.717) is 18.0 Å². The SMILES string of the molecule is CC(=O)Nc1cc2[nH]nc(N3CC4CC(C3)O4)c2cn1. The molecule has 0 saturated carbocycles. The highest BCUT2D eigenvalue weighted by atomic mass is 16.5. The lowest BCUT2D eigenvalue weighted by molar-refractivity contribution is -0.133. The molecule has 7 nitrogen and oxygen atoms in total. The molecule has 1 amide bonds. The van der Waals surface area contributed by atoms with Crippen LogP contribution in [0.2, 0.25) is 0 Å². The number of carbonyl (C=O) groups excluding carboxylic acids is 1.